The Labute approximate surface area is 89.8 Å². The Kier molecular flexibility index (Phi) is 2.34. The molecule has 1 heterocycles. The lowest BCUT2D eigenvalue weighted by molar-refractivity contribution is -0.138. The summed E-state index contributed by atoms with van der Waals surface area (Å²) in [5, 5.41) is 16.4. The zero-order valence-corrected chi connectivity index (χ0v) is 8.32. The third-order valence-electron chi connectivity index (χ3n) is 2.14. The SMILES string of the molecule is NC(C(=O)O)c1[nH]nc2c(Cl)cccc12. The van der Waals surface area contributed by atoms with Crippen LogP contribution in [0.2, 0.25) is 5.02 Å². The largest absolute Gasteiger partial charge is 0.480 e. The number of hydrogen-bond acceptors (Lipinski definition) is 3. The Bertz CT molecular complexity index is 523. The number of benzene rings is 1. The fourth-order valence-electron chi connectivity index (χ4n) is 1.38. The van der Waals surface area contributed by atoms with Gasteiger partial charge in [0.15, 0.2) is 0 Å². The first kappa shape index (κ1) is 9.95. The molecular formula is C9H8ClN3O2. The van der Waals surface area contributed by atoms with E-state index in [4.69, 9.17) is 22.4 Å². The number of H-pyrrole nitrogens is 1. The maximum Gasteiger partial charge on any atom is 0.326 e. The van der Waals surface area contributed by atoms with Gasteiger partial charge in [0.25, 0.3) is 0 Å². The molecular weight excluding hydrogens is 218 g/mol. The van der Waals surface area contributed by atoms with E-state index in [2.05, 4.69) is 10.2 Å². The zero-order chi connectivity index (χ0) is 11.0. The van der Waals surface area contributed by atoms with Crippen LogP contribution in [0.25, 0.3) is 10.9 Å². The molecule has 0 spiro atoms. The van der Waals surface area contributed by atoms with Crippen LogP contribution >= 0.6 is 11.6 Å². The van der Waals surface area contributed by atoms with Gasteiger partial charge in [-0.05, 0) is 6.07 Å². The van der Waals surface area contributed by atoms with Gasteiger partial charge in [0.2, 0.25) is 0 Å². The molecule has 1 aromatic carbocycles. The van der Waals surface area contributed by atoms with Gasteiger partial charge in [0.1, 0.15) is 11.6 Å². The standard InChI is InChI=1S/C9H8ClN3O2/c10-5-3-1-2-4-7(5)12-13-8(4)6(11)9(14)15/h1-3,6H,11H2,(H,12,13)(H,14,15). The van der Waals surface area contributed by atoms with Crippen LogP contribution in [-0.4, -0.2) is 21.3 Å². The Morgan fingerprint density at radius 2 is 2.33 bits per heavy atom. The summed E-state index contributed by atoms with van der Waals surface area (Å²) in [6.07, 6.45) is 0. The number of rotatable bonds is 2. The number of fused-ring (bicyclic) bond motifs is 1. The molecule has 0 aliphatic heterocycles. The molecule has 78 valence electrons. The summed E-state index contributed by atoms with van der Waals surface area (Å²) >= 11 is 5.88. The Morgan fingerprint density at radius 1 is 1.60 bits per heavy atom. The number of nitrogens with zero attached hydrogens (tertiary/aromatic N) is 1. The fraction of sp³-hybridized carbons (Fsp3) is 0.111. The smallest absolute Gasteiger partial charge is 0.326 e. The number of para-hydroxylation sites is 1. The Balaban J connectivity index is 2.64. The van der Waals surface area contributed by atoms with Crippen molar-refractivity contribution in [2.24, 2.45) is 5.73 Å². The van der Waals surface area contributed by atoms with Crippen molar-refractivity contribution in [3.8, 4) is 0 Å². The van der Waals surface area contributed by atoms with E-state index >= 15 is 0 Å². The molecule has 0 radical (unpaired) electrons. The van der Waals surface area contributed by atoms with E-state index in [9.17, 15) is 4.79 Å². The second kappa shape index (κ2) is 3.52. The highest BCUT2D eigenvalue weighted by Crippen LogP contribution is 2.26. The van der Waals surface area contributed by atoms with Crippen molar-refractivity contribution >= 4 is 28.5 Å². The number of nitrogens with two attached hydrogens (primary N) is 1. The predicted molar refractivity (Wildman–Crippen MR) is 55.7 cm³/mol. The zero-order valence-electron chi connectivity index (χ0n) is 7.57. The maximum atomic E-state index is 10.7. The molecule has 0 amide bonds. The van der Waals surface area contributed by atoms with E-state index in [1.807, 2.05) is 0 Å². The van der Waals surface area contributed by atoms with Crippen molar-refractivity contribution in [2.45, 2.75) is 6.04 Å². The molecule has 1 aromatic heterocycles. The van der Waals surface area contributed by atoms with Crippen molar-refractivity contribution in [3.05, 3.63) is 28.9 Å². The lowest BCUT2D eigenvalue weighted by Crippen LogP contribution is -2.21. The molecule has 0 fully saturated rings. The number of aliphatic carboxylic acids is 1. The van der Waals surface area contributed by atoms with Gasteiger partial charge in [-0.15, -0.1) is 0 Å². The quantitative estimate of drug-likeness (QED) is 0.718. The highest BCUT2D eigenvalue weighted by molar-refractivity contribution is 6.35. The third-order valence-corrected chi connectivity index (χ3v) is 2.45. The van der Waals surface area contributed by atoms with E-state index in [-0.39, 0.29) is 0 Å². The molecule has 1 unspecified atom stereocenters. The monoisotopic (exact) mass is 225 g/mol. The molecule has 4 N–H and O–H groups in total. The molecule has 15 heavy (non-hydrogen) atoms. The van der Waals surface area contributed by atoms with E-state index in [1.165, 1.54) is 0 Å². The Morgan fingerprint density at radius 3 is 3.00 bits per heavy atom. The van der Waals surface area contributed by atoms with E-state index in [1.54, 1.807) is 18.2 Å². The molecule has 0 saturated heterocycles. The number of hydrogen-bond donors (Lipinski definition) is 3. The lowest BCUT2D eigenvalue weighted by atomic mass is 10.1. The third kappa shape index (κ3) is 1.55. The first-order valence-electron chi connectivity index (χ1n) is 4.22. The molecule has 0 aliphatic rings. The molecule has 6 heteroatoms. The van der Waals surface area contributed by atoms with Crippen LogP contribution in [0.3, 0.4) is 0 Å². The summed E-state index contributed by atoms with van der Waals surface area (Å²) in [6.45, 7) is 0. The van der Waals surface area contributed by atoms with Crippen molar-refractivity contribution in [1.82, 2.24) is 10.2 Å². The number of aromatic amines is 1. The number of carboxylic acids is 1. The van der Waals surface area contributed by atoms with Crippen LogP contribution in [0.1, 0.15) is 11.7 Å². The minimum absolute atomic E-state index is 0.361. The van der Waals surface area contributed by atoms with Gasteiger partial charge in [0.05, 0.1) is 10.7 Å². The second-order valence-corrected chi connectivity index (χ2v) is 3.50. The van der Waals surface area contributed by atoms with Gasteiger partial charge in [-0.2, -0.15) is 5.10 Å². The predicted octanol–water partition coefficient (Wildman–Crippen LogP) is 1.30. The average Bonchev–Trinajstić information content (AvgIpc) is 2.61. The molecule has 0 bridgehead atoms. The molecule has 5 nitrogen and oxygen atoms in total. The summed E-state index contributed by atoms with van der Waals surface area (Å²) in [6, 6.07) is 4.01. The number of carboxylic acid groups (broad SMARTS) is 1. The minimum Gasteiger partial charge on any atom is -0.480 e. The number of aromatic nitrogens is 2. The van der Waals surface area contributed by atoms with E-state index < -0.39 is 12.0 Å². The van der Waals surface area contributed by atoms with Crippen LogP contribution in [0.15, 0.2) is 18.2 Å². The van der Waals surface area contributed by atoms with Crippen molar-refractivity contribution in [3.63, 3.8) is 0 Å². The van der Waals surface area contributed by atoms with Crippen molar-refractivity contribution < 1.29 is 9.90 Å². The summed E-state index contributed by atoms with van der Waals surface area (Å²) in [5.74, 6) is -1.11. The van der Waals surface area contributed by atoms with Crippen LogP contribution in [0.5, 0.6) is 0 Å². The van der Waals surface area contributed by atoms with E-state index in [0.717, 1.165) is 0 Å². The van der Waals surface area contributed by atoms with E-state index in [0.29, 0.717) is 21.6 Å². The average molecular weight is 226 g/mol. The normalized spacial score (nSPS) is 12.9. The van der Waals surface area contributed by atoms with Crippen molar-refractivity contribution in [1.29, 1.82) is 0 Å². The highest BCUT2D eigenvalue weighted by atomic mass is 35.5. The first-order chi connectivity index (χ1) is 7.11. The Hall–Kier alpha value is -1.59. The van der Waals surface area contributed by atoms with Crippen molar-refractivity contribution in [2.75, 3.05) is 0 Å². The van der Waals surface area contributed by atoms with Gasteiger partial charge in [-0.25, -0.2) is 0 Å². The minimum atomic E-state index is -1.12. The molecule has 1 atom stereocenters. The van der Waals surface area contributed by atoms with Gasteiger partial charge in [-0.3, -0.25) is 9.89 Å². The topological polar surface area (TPSA) is 92.0 Å². The fourth-order valence-corrected chi connectivity index (χ4v) is 1.60. The maximum absolute atomic E-state index is 10.7. The van der Waals surface area contributed by atoms with Gasteiger partial charge < -0.3 is 10.8 Å². The molecule has 0 aliphatic carbocycles. The molecule has 2 rings (SSSR count). The summed E-state index contributed by atoms with van der Waals surface area (Å²) in [5.41, 5.74) is 6.38. The molecule has 0 saturated carbocycles. The second-order valence-electron chi connectivity index (χ2n) is 3.09. The van der Waals surface area contributed by atoms with Crippen LogP contribution in [0, 0.1) is 0 Å². The van der Waals surface area contributed by atoms with Crippen LogP contribution in [0.4, 0.5) is 0 Å². The highest BCUT2D eigenvalue weighted by Gasteiger charge is 2.20. The summed E-state index contributed by atoms with van der Waals surface area (Å²) in [7, 11) is 0. The molecule has 2 aromatic rings. The first-order valence-corrected chi connectivity index (χ1v) is 4.60. The van der Waals surface area contributed by atoms with Crippen LogP contribution < -0.4 is 5.73 Å². The lowest BCUT2D eigenvalue weighted by Gasteiger charge is -2.03. The number of carbonyl (C=O) groups is 1. The van der Waals surface area contributed by atoms with Gasteiger partial charge in [0, 0.05) is 5.39 Å². The number of nitrogens with one attached hydrogen (secondary N) is 1. The van der Waals surface area contributed by atoms with Gasteiger partial charge >= 0.3 is 5.97 Å². The summed E-state index contributed by atoms with van der Waals surface area (Å²) in [4.78, 5) is 10.7. The van der Waals surface area contributed by atoms with Gasteiger partial charge in [-0.1, -0.05) is 23.7 Å². The summed E-state index contributed by atoms with van der Waals surface area (Å²) < 4.78 is 0. The number of halogens is 1. The van der Waals surface area contributed by atoms with Crippen LogP contribution in [-0.2, 0) is 4.79 Å².